The Bertz CT molecular complexity index is 375. The van der Waals surface area contributed by atoms with Crippen molar-refractivity contribution in [2.75, 3.05) is 19.6 Å². The summed E-state index contributed by atoms with van der Waals surface area (Å²) in [6.07, 6.45) is 1.01. The lowest BCUT2D eigenvalue weighted by Crippen LogP contribution is -2.40. The second-order valence-electron chi connectivity index (χ2n) is 4.48. The van der Waals surface area contributed by atoms with Crippen molar-refractivity contribution in [1.82, 2.24) is 10.2 Å². The minimum Gasteiger partial charge on any atom is -0.351 e. The van der Waals surface area contributed by atoms with E-state index in [0.717, 1.165) is 26.1 Å². The zero-order valence-electron chi connectivity index (χ0n) is 10.7. The van der Waals surface area contributed by atoms with Gasteiger partial charge in [-0.05, 0) is 12.0 Å². The van der Waals surface area contributed by atoms with Crippen molar-refractivity contribution in [1.29, 1.82) is 0 Å². The lowest BCUT2D eigenvalue weighted by atomic mass is 10.2. The molecule has 1 atom stereocenters. The van der Waals surface area contributed by atoms with Gasteiger partial charge in [0.25, 0.3) is 0 Å². The summed E-state index contributed by atoms with van der Waals surface area (Å²) in [6, 6.07) is 10.7. The third kappa shape index (κ3) is 5.78. The number of benzene rings is 1. The summed E-state index contributed by atoms with van der Waals surface area (Å²) < 4.78 is 0. The average Bonchev–Trinajstić information content (AvgIpc) is 2.77. The van der Waals surface area contributed by atoms with Crippen LogP contribution in [0.5, 0.6) is 0 Å². The van der Waals surface area contributed by atoms with Crippen molar-refractivity contribution >= 4 is 30.7 Å². The van der Waals surface area contributed by atoms with E-state index in [1.807, 2.05) is 6.07 Å². The molecule has 0 saturated carbocycles. The summed E-state index contributed by atoms with van der Waals surface area (Å²) in [7, 11) is 0. The van der Waals surface area contributed by atoms with Crippen LogP contribution in [-0.4, -0.2) is 36.5 Å². The van der Waals surface area contributed by atoms with E-state index in [-0.39, 0.29) is 43.3 Å². The number of hydrogen-bond donors (Lipinski definition) is 2. The Balaban J connectivity index is 0.00000162. The zero-order valence-corrected chi connectivity index (χ0v) is 12.4. The van der Waals surface area contributed by atoms with Crippen molar-refractivity contribution in [3.05, 3.63) is 35.9 Å². The largest absolute Gasteiger partial charge is 0.351 e. The molecule has 0 bridgehead atoms. The third-order valence-electron chi connectivity index (χ3n) is 3.07. The molecule has 4 nitrogen and oxygen atoms in total. The second kappa shape index (κ2) is 9.15. The Morgan fingerprint density at radius 1 is 1.32 bits per heavy atom. The van der Waals surface area contributed by atoms with Crippen molar-refractivity contribution in [3.8, 4) is 0 Å². The number of hydrogen-bond acceptors (Lipinski definition) is 3. The highest BCUT2D eigenvalue weighted by molar-refractivity contribution is 5.85. The van der Waals surface area contributed by atoms with Crippen LogP contribution in [0.2, 0.25) is 0 Å². The van der Waals surface area contributed by atoms with Gasteiger partial charge in [-0.25, -0.2) is 0 Å². The molecule has 0 radical (unpaired) electrons. The predicted molar refractivity (Wildman–Crippen MR) is 81.8 cm³/mol. The van der Waals surface area contributed by atoms with E-state index in [4.69, 9.17) is 5.73 Å². The van der Waals surface area contributed by atoms with E-state index in [1.54, 1.807) is 0 Å². The minimum absolute atomic E-state index is 0. The fraction of sp³-hybridized carbons (Fsp3) is 0.462. The van der Waals surface area contributed by atoms with Gasteiger partial charge in [-0.1, -0.05) is 30.3 Å². The van der Waals surface area contributed by atoms with Crippen LogP contribution in [0.25, 0.3) is 0 Å². The van der Waals surface area contributed by atoms with Gasteiger partial charge in [0.15, 0.2) is 0 Å². The van der Waals surface area contributed by atoms with Gasteiger partial charge in [0.2, 0.25) is 5.91 Å². The van der Waals surface area contributed by atoms with Crippen LogP contribution in [0, 0.1) is 0 Å². The van der Waals surface area contributed by atoms with Gasteiger partial charge in [-0.2, -0.15) is 0 Å². The van der Waals surface area contributed by atoms with Gasteiger partial charge in [-0.3, -0.25) is 9.69 Å². The van der Waals surface area contributed by atoms with Gasteiger partial charge in [0.1, 0.15) is 0 Å². The molecular weight excluding hydrogens is 285 g/mol. The summed E-state index contributed by atoms with van der Waals surface area (Å²) in [5.74, 6) is -0.0587. The molecule has 2 rings (SSSR count). The number of nitrogens with two attached hydrogens (primary N) is 1. The van der Waals surface area contributed by atoms with Crippen molar-refractivity contribution in [2.24, 2.45) is 5.73 Å². The monoisotopic (exact) mass is 305 g/mol. The first kappa shape index (κ1) is 18.2. The molecule has 1 aliphatic heterocycles. The van der Waals surface area contributed by atoms with Gasteiger partial charge >= 0.3 is 0 Å². The number of amides is 1. The highest BCUT2D eigenvalue weighted by atomic mass is 35.5. The lowest BCUT2D eigenvalue weighted by Gasteiger charge is -2.16. The SMILES string of the molecule is Cl.Cl.NCC(=O)NC1CCN(Cc2ccccc2)C1. The van der Waals surface area contributed by atoms with Crippen LogP contribution in [0.4, 0.5) is 0 Å². The number of nitrogens with one attached hydrogen (secondary N) is 1. The molecule has 0 aliphatic carbocycles. The second-order valence-corrected chi connectivity index (χ2v) is 4.48. The molecule has 1 aromatic carbocycles. The summed E-state index contributed by atoms with van der Waals surface area (Å²) >= 11 is 0. The maximum atomic E-state index is 11.2. The predicted octanol–water partition coefficient (Wildman–Crippen LogP) is 1.18. The Morgan fingerprint density at radius 2 is 2.00 bits per heavy atom. The van der Waals surface area contributed by atoms with Crippen molar-refractivity contribution in [2.45, 2.75) is 19.0 Å². The summed E-state index contributed by atoms with van der Waals surface area (Å²) in [4.78, 5) is 13.5. The van der Waals surface area contributed by atoms with Crippen LogP contribution in [0.15, 0.2) is 30.3 Å². The molecule has 1 aliphatic rings. The summed E-state index contributed by atoms with van der Waals surface area (Å²) in [5.41, 5.74) is 6.60. The number of halogens is 2. The van der Waals surface area contributed by atoms with Gasteiger partial charge < -0.3 is 11.1 Å². The Morgan fingerprint density at radius 3 is 2.63 bits per heavy atom. The van der Waals surface area contributed by atoms with E-state index < -0.39 is 0 Å². The fourth-order valence-corrected chi connectivity index (χ4v) is 2.22. The minimum atomic E-state index is -0.0587. The van der Waals surface area contributed by atoms with Gasteiger partial charge in [0.05, 0.1) is 6.54 Å². The zero-order chi connectivity index (χ0) is 12.1. The normalized spacial score (nSPS) is 18.3. The van der Waals surface area contributed by atoms with Crippen LogP contribution in [0.1, 0.15) is 12.0 Å². The molecule has 1 amide bonds. The highest BCUT2D eigenvalue weighted by Crippen LogP contribution is 2.13. The van der Waals surface area contributed by atoms with Crippen LogP contribution in [-0.2, 0) is 11.3 Å². The van der Waals surface area contributed by atoms with E-state index in [2.05, 4.69) is 34.5 Å². The standard InChI is InChI=1S/C13H19N3O.2ClH/c14-8-13(17)15-12-6-7-16(10-12)9-11-4-2-1-3-5-11;;/h1-5,12H,6-10,14H2,(H,15,17);2*1H. The average molecular weight is 306 g/mol. The Labute approximate surface area is 126 Å². The van der Waals surface area contributed by atoms with Crippen LogP contribution < -0.4 is 11.1 Å². The molecule has 0 aromatic heterocycles. The van der Waals surface area contributed by atoms with Gasteiger partial charge in [-0.15, -0.1) is 24.8 Å². The number of nitrogens with zero attached hydrogens (tertiary/aromatic N) is 1. The quantitative estimate of drug-likeness (QED) is 0.878. The molecule has 19 heavy (non-hydrogen) atoms. The smallest absolute Gasteiger partial charge is 0.233 e. The molecule has 1 fully saturated rings. The molecule has 1 heterocycles. The molecule has 1 unspecified atom stereocenters. The first-order chi connectivity index (χ1) is 8.28. The molecule has 1 saturated heterocycles. The lowest BCUT2D eigenvalue weighted by molar-refractivity contribution is -0.120. The molecule has 108 valence electrons. The number of carbonyl (C=O) groups excluding carboxylic acids is 1. The fourth-order valence-electron chi connectivity index (χ4n) is 2.22. The van der Waals surface area contributed by atoms with Crippen LogP contribution >= 0.6 is 24.8 Å². The summed E-state index contributed by atoms with van der Waals surface area (Å²) in [5, 5.41) is 2.94. The first-order valence-corrected chi connectivity index (χ1v) is 6.03. The first-order valence-electron chi connectivity index (χ1n) is 6.03. The number of carbonyl (C=O) groups is 1. The molecule has 1 aromatic rings. The van der Waals surface area contributed by atoms with E-state index in [0.29, 0.717) is 0 Å². The molecular formula is C13H21Cl2N3O. The van der Waals surface area contributed by atoms with E-state index in [1.165, 1.54) is 5.56 Å². The topological polar surface area (TPSA) is 58.4 Å². The maximum Gasteiger partial charge on any atom is 0.233 e. The molecule has 0 spiro atoms. The highest BCUT2D eigenvalue weighted by Gasteiger charge is 2.23. The Hall–Kier alpha value is -0.810. The van der Waals surface area contributed by atoms with Gasteiger partial charge in [0, 0.05) is 25.7 Å². The number of likely N-dealkylation sites (tertiary alicyclic amines) is 1. The van der Waals surface area contributed by atoms with E-state index in [9.17, 15) is 4.79 Å². The van der Waals surface area contributed by atoms with Crippen molar-refractivity contribution in [3.63, 3.8) is 0 Å². The maximum absolute atomic E-state index is 11.2. The van der Waals surface area contributed by atoms with Crippen LogP contribution in [0.3, 0.4) is 0 Å². The van der Waals surface area contributed by atoms with E-state index >= 15 is 0 Å². The Kier molecular flexibility index (Phi) is 8.76. The summed E-state index contributed by atoms with van der Waals surface area (Å²) in [6.45, 7) is 2.98. The molecule has 3 N–H and O–H groups in total. The third-order valence-corrected chi connectivity index (χ3v) is 3.07. The van der Waals surface area contributed by atoms with Crippen molar-refractivity contribution < 1.29 is 4.79 Å². The molecule has 6 heteroatoms. The number of rotatable bonds is 4.